The van der Waals surface area contributed by atoms with E-state index in [1.807, 2.05) is 18.2 Å². The fourth-order valence-electron chi connectivity index (χ4n) is 2.76. The van der Waals surface area contributed by atoms with Crippen molar-refractivity contribution < 1.29 is 9.66 Å². The average molecular weight is 369 g/mol. The van der Waals surface area contributed by atoms with Crippen LogP contribution in [0.5, 0.6) is 0 Å². The highest BCUT2D eigenvalue weighted by molar-refractivity contribution is 5.79. The van der Waals surface area contributed by atoms with Gasteiger partial charge in [-0.3, -0.25) is 15.1 Å². The molecular formula is C19H23N5O3. The Morgan fingerprint density at radius 2 is 2.11 bits per heavy atom. The first kappa shape index (κ1) is 18.8. The van der Waals surface area contributed by atoms with Gasteiger partial charge < -0.3 is 15.4 Å². The molecule has 1 unspecified atom stereocenters. The van der Waals surface area contributed by atoms with E-state index in [4.69, 9.17) is 4.74 Å². The van der Waals surface area contributed by atoms with E-state index in [2.05, 4.69) is 20.6 Å². The van der Waals surface area contributed by atoms with Crippen molar-refractivity contribution in [1.29, 1.82) is 0 Å². The van der Waals surface area contributed by atoms with Gasteiger partial charge >= 0.3 is 0 Å². The summed E-state index contributed by atoms with van der Waals surface area (Å²) in [6.07, 6.45) is 4.09. The van der Waals surface area contributed by atoms with Crippen LogP contribution in [0.4, 0.5) is 5.69 Å². The van der Waals surface area contributed by atoms with Crippen molar-refractivity contribution in [1.82, 2.24) is 15.6 Å². The average Bonchev–Trinajstić information content (AvgIpc) is 3.22. The van der Waals surface area contributed by atoms with Gasteiger partial charge in [-0.25, -0.2) is 4.99 Å². The van der Waals surface area contributed by atoms with Crippen LogP contribution in [-0.2, 0) is 17.8 Å². The van der Waals surface area contributed by atoms with Gasteiger partial charge in [0.2, 0.25) is 0 Å². The maximum absolute atomic E-state index is 10.7. The number of ether oxygens (including phenoxy) is 1. The number of non-ortho nitro benzene ring substituents is 1. The SMILES string of the molecule is O=[N+]([O-])c1ccc(CN=C(NCc2ccccn2)NCC2CCCO2)cc1. The number of nitro benzene ring substituents is 1. The molecule has 0 bridgehead atoms. The third-order valence-corrected chi connectivity index (χ3v) is 4.25. The summed E-state index contributed by atoms with van der Waals surface area (Å²) < 4.78 is 5.64. The van der Waals surface area contributed by atoms with Crippen LogP contribution in [0.3, 0.4) is 0 Å². The van der Waals surface area contributed by atoms with Crippen LogP contribution in [0.2, 0.25) is 0 Å². The predicted molar refractivity (Wildman–Crippen MR) is 102 cm³/mol. The molecule has 0 saturated carbocycles. The van der Waals surface area contributed by atoms with Gasteiger partial charge in [-0.05, 0) is 30.5 Å². The highest BCUT2D eigenvalue weighted by Crippen LogP contribution is 2.13. The minimum absolute atomic E-state index is 0.0766. The van der Waals surface area contributed by atoms with Gasteiger partial charge in [0.25, 0.3) is 5.69 Å². The van der Waals surface area contributed by atoms with Crippen LogP contribution in [-0.4, -0.2) is 35.1 Å². The lowest BCUT2D eigenvalue weighted by atomic mass is 10.2. The van der Waals surface area contributed by atoms with E-state index in [1.54, 1.807) is 18.3 Å². The topological polar surface area (TPSA) is 102 Å². The molecule has 1 fully saturated rings. The molecule has 8 heteroatoms. The maximum Gasteiger partial charge on any atom is 0.269 e. The molecule has 1 aliphatic rings. The molecule has 2 heterocycles. The summed E-state index contributed by atoms with van der Waals surface area (Å²) in [6, 6.07) is 12.2. The molecule has 0 aliphatic carbocycles. The number of guanidine groups is 1. The Balaban J connectivity index is 1.61. The Hall–Kier alpha value is -3.00. The first-order valence-electron chi connectivity index (χ1n) is 8.98. The zero-order chi connectivity index (χ0) is 18.9. The van der Waals surface area contributed by atoms with Gasteiger partial charge in [0.05, 0.1) is 29.8 Å². The Labute approximate surface area is 157 Å². The molecule has 1 atom stereocenters. The maximum atomic E-state index is 10.7. The van der Waals surface area contributed by atoms with E-state index in [9.17, 15) is 10.1 Å². The fraction of sp³-hybridized carbons (Fsp3) is 0.368. The minimum Gasteiger partial charge on any atom is -0.376 e. The summed E-state index contributed by atoms with van der Waals surface area (Å²) in [6.45, 7) is 2.47. The van der Waals surface area contributed by atoms with Gasteiger partial charge in [0.1, 0.15) is 0 Å². The summed E-state index contributed by atoms with van der Waals surface area (Å²) >= 11 is 0. The van der Waals surface area contributed by atoms with Crippen LogP contribution < -0.4 is 10.6 Å². The normalized spacial score (nSPS) is 16.9. The van der Waals surface area contributed by atoms with Gasteiger partial charge in [0, 0.05) is 31.5 Å². The quantitative estimate of drug-likeness (QED) is 0.336. The van der Waals surface area contributed by atoms with Crippen molar-refractivity contribution in [3.05, 3.63) is 70.0 Å². The van der Waals surface area contributed by atoms with Crippen molar-refractivity contribution in [2.45, 2.75) is 32.0 Å². The van der Waals surface area contributed by atoms with Crippen LogP contribution in [0, 0.1) is 10.1 Å². The van der Waals surface area contributed by atoms with Crippen molar-refractivity contribution in [2.24, 2.45) is 4.99 Å². The van der Waals surface area contributed by atoms with Gasteiger partial charge in [0.15, 0.2) is 5.96 Å². The zero-order valence-corrected chi connectivity index (χ0v) is 15.0. The van der Waals surface area contributed by atoms with Crippen LogP contribution >= 0.6 is 0 Å². The van der Waals surface area contributed by atoms with E-state index in [-0.39, 0.29) is 11.8 Å². The molecule has 142 valence electrons. The summed E-state index contributed by atoms with van der Waals surface area (Å²) in [5, 5.41) is 17.3. The Kier molecular flexibility index (Phi) is 6.70. The lowest BCUT2D eigenvalue weighted by molar-refractivity contribution is -0.384. The highest BCUT2D eigenvalue weighted by Gasteiger charge is 2.15. The smallest absolute Gasteiger partial charge is 0.269 e. The number of nitrogens with zero attached hydrogens (tertiary/aromatic N) is 3. The number of hydrogen-bond donors (Lipinski definition) is 2. The van der Waals surface area contributed by atoms with Gasteiger partial charge in [-0.2, -0.15) is 0 Å². The summed E-state index contributed by atoms with van der Waals surface area (Å²) in [5.41, 5.74) is 1.89. The summed E-state index contributed by atoms with van der Waals surface area (Å²) in [4.78, 5) is 19.2. The van der Waals surface area contributed by atoms with Gasteiger partial charge in [-0.1, -0.05) is 18.2 Å². The number of pyridine rings is 1. The Morgan fingerprint density at radius 3 is 2.78 bits per heavy atom. The van der Waals surface area contributed by atoms with Crippen molar-refractivity contribution in [3.8, 4) is 0 Å². The molecule has 0 spiro atoms. The van der Waals surface area contributed by atoms with E-state index < -0.39 is 4.92 Å². The second-order valence-electron chi connectivity index (χ2n) is 6.28. The predicted octanol–water partition coefficient (Wildman–Crippen LogP) is 2.40. The summed E-state index contributed by atoms with van der Waals surface area (Å²) in [7, 11) is 0. The third-order valence-electron chi connectivity index (χ3n) is 4.25. The van der Waals surface area contributed by atoms with Crippen LogP contribution in [0.15, 0.2) is 53.7 Å². The first-order valence-corrected chi connectivity index (χ1v) is 8.98. The van der Waals surface area contributed by atoms with E-state index >= 15 is 0 Å². The molecule has 1 saturated heterocycles. The molecule has 1 aliphatic heterocycles. The number of rotatable bonds is 7. The van der Waals surface area contributed by atoms with Crippen molar-refractivity contribution >= 4 is 11.6 Å². The number of benzene rings is 1. The molecule has 0 amide bonds. The lowest BCUT2D eigenvalue weighted by Gasteiger charge is -2.15. The number of nitrogens with one attached hydrogen (secondary N) is 2. The number of nitro groups is 1. The Morgan fingerprint density at radius 1 is 1.26 bits per heavy atom. The Bertz CT molecular complexity index is 759. The standard InChI is InChI=1S/C19H23N5O3/c25-24(26)17-8-6-15(7-9-17)12-21-19(23-14-18-5-3-11-27-18)22-13-16-4-1-2-10-20-16/h1-2,4,6-10,18H,3,5,11-14H2,(H2,21,22,23). The molecule has 3 rings (SSSR count). The molecule has 27 heavy (non-hydrogen) atoms. The van der Waals surface area contributed by atoms with E-state index in [0.717, 1.165) is 30.7 Å². The van der Waals surface area contributed by atoms with Crippen molar-refractivity contribution in [3.63, 3.8) is 0 Å². The van der Waals surface area contributed by atoms with Crippen LogP contribution in [0.1, 0.15) is 24.1 Å². The zero-order valence-electron chi connectivity index (χ0n) is 15.0. The second-order valence-corrected chi connectivity index (χ2v) is 6.28. The number of aliphatic imine (C=N–C) groups is 1. The van der Waals surface area contributed by atoms with Crippen LogP contribution in [0.25, 0.3) is 0 Å². The van der Waals surface area contributed by atoms with E-state index in [0.29, 0.717) is 25.6 Å². The molecular weight excluding hydrogens is 346 g/mol. The number of hydrogen-bond acceptors (Lipinski definition) is 5. The molecule has 2 N–H and O–H groups in total. The fourth-order valence-corrected chi connectivity index (χ4v) is 2.76. The molecule has 1 aromatic heterocycles. The van der Waals surface area contributed by atoms with Crippen molar-refractivity contribution in [2.75, 3.05) is 13.2 Å². The molecule has 1 aromatic carbocycles. The van der Waals surface area contributed by atoms with Gasteiger partial charge in [-0.15, -0.1) is 0 Å². The molecule has 8 nitrogen and oxygen atoms in total. The highest BCUT2D eigenvalue weighted by atomic mass is 16.6. The minimum atomic E-state index is -0.407. The third kappa shape index (κ3) is 6.03. The molecule has 2 aromatic rings. The molecule has 0 radical (unpaired) electrons. The lowest BCUT2D eigenvalue weighted by Crippen LogP contribution is -2.41. The largest absolute Gasteiger partial charge is 0.376 e. The monoisotopic (exact) mass is 369 g/mol. The van der Waals surface area contributed by atoms with E-state index in [1.165, 1.54) is 12.1 Å². The summed E-state index contributed by atoms with van der Waals surface area (Å²) in [5.74, 6) is 0.662. The second kappa shape index (κ2) is 9.63. The first-order chi connectivity index (χ1) is 13.2. The number of aromatic nitrogens is 1.